The van der Waals surface area contributed by atoms with Gasteiger partial charge in [-0.15, -0.1) is 0 Å². The second-order valence-electron chi connectivity index (χ2n) is 5.62. The van der Waals surface area contributed by atoms with Crippen molar-refractivity contribution in [1.29, 1.82) is 0 Å². The smallest absolute Gasteiger partial charge is 0.146 e. The summed E-state index contributed by atoms with van der Waals surface area (Å²) in [6.45, 7) is 2.20. The van der Waals surface area contributed by atoms with Crippen molar-refractivity contribution in [3.63, 3.8) is 0 Å². The van der Waals surface area contributed by atoms with Gasteiger partial charge in [0.05, 0.1) is 0 Å². The molecule has 1 aromatic carbocycles. The van der Waals surface area contributed by atoms with E-state index in [1.165, 1.54) is 18.4 Å². The number of pyridine rings is 1. The highest BCUT2D eigenvalue weighted by molar-refractivity contribution is 5.86. The Labute approximate surface area is 131 Å². The number of rotatable bonds is 5. The van der Waals surface area contributed by atoms with E-state index in [-0.39, 0.29) is 6.04 Å². The van der Waals surface area contributed by atoms with Crippen LogP contribution in [0.5, 0.6) is 0 Å². The average molecular weight is 292 g/mol. The monoisotopic (exact) mass is 292 g/mol. The Balaban J connectivity index is 1.89. The van der Waals surface area contributed by atoms with Crippen LogP contribution in [0, 0.1) is 0 Å². The number of aromatic nitrogens is 1. The van der Waals surface area contributed by atoms with Gasteiger partial charge < -0.3 is 10.1 Å². The molecule has 0 spiro atoms. The Bertz CT molecular complexity index is 689. The molecule has 0 aliphatic carbocycles. The highest BCUT2D eigenvalue weighted by atomic mass is 16.1. The molecule has 112 valence electrons. The zero-order chi connectivity index (χ0) is 15.4. The summed E-state index contributed by atoms with van der Waals surface area (Å²) in [4.78, 5) is 15.5. The normalized spacial score (nSPS) is 16.4. The minimum absolute atomic E-state index is 0.308. The van der Waals surface area contributed by atoms with Crippen LogP contribution in [0.1, 0.15) is 48.1 Å². The quantitative estimate of drug-likeness (QED) is 0.853. The van der Waals surface area contributed by atoms with Crippen molar-refractivity contribution in [3.8, 4) is 0 Å². The van der Waals surface area contributed by atoms with Gasteiger partial charge in [0.15, 0.2) is 0 Å². The summed E-state index contributed by atoms with van der Waals surface area (Å²) in [5.41, 5.74) is 5.41. The van der Waals surface area contributed by atoms with Gasteiger partial charge in [-0.25, -0.2) is 0 Å². The third-order valence-corrected chi connectivity index (χ3v) is 4.05. The molecular weight excluding hydrogens is 272 g/mol. The molecule has 0 radical (unpaired) electrons. The first kappa shape index (κ1) is 14.5. The summed E-state index contributed by atoms with van der Waals surface area (Å²) in [5.74, 6) is 0. The zero-order valence-electron chi connectivity index (χ0n) is 12.8. The molecule has 0 fully saturated rings. The van der Waals surface area contributed by atoms with Crippen LogP contribution in [0.2, 0.25) is 0 Å². The van der Waals surface area contributed by atoms with E-state index in [9.17, 15) is 4.79 Å². The van der Waals surface area contributed by atoms with Gasteiger partial charge in [-0.1, -0.05) is 37.6 Å². The van der Waals surface area contributed by atoms with Gasteiger partial charge in [-0.2, -0.15) is 0 Å². The average Bonchev–Trinajstić information content (AvgIpc) is 2.59. The molecule has 1 N–H and O–H groups in total. The number of carbonyl (C=O) groups excluding carboxylic acids is 1. The molecule has 3 nitrogen and oxygen atoms in total. The highest BCUT2D eigenvalue weighted by Gasteiger charge is 2.20. The lowest BCUT2D eigenvalue weighted by atomic mass is 9.95. The van der Waals surface area contributed by atoms with Crippen LogP contribution < -0.4 is 5.32 Å². The van der Waals surface area contributed by atoms with Crippen molar-refractivity contribution < 1.29 is 4.79 Å². The Kier molecular flexibility index (Phi) is 4.33. The molecule has 1 atom stereocenters. The van der Waals surface area contributed by atoms with Gasteiger partial charge in [0.1, 0.15) is 12.3 Å². The molecule has 2 heterocycles. The Hall–Kier alpha value is -2.42. The van der Waals surface area contributed by atoms with Crippen molar-refractivity contribution in [2.24, 2.45) is 0 Å². The molecule has 0 saturated carbocycles. The maximum atomic E-state index is 11.4. The predicted molar refractivity (Wildman–Crippen MR) is 89.1 cm³/mol. The lowest BCUT2D eigenvalue weighted by Crippen LogP contribution is -2.25. The van der Waals surface area contributed by atoms with E-state index in [2.05, 4.69) is 47.6 Å². The second-order valence-corrected chi connectivity index (χ2v) is 5.62. The first-order valence-corrected chi connectivity index (χ1v) is 7.78. The second kappa shape index (κ2) is 6.56. The molecule has 0 bridgehead atoms. The molecule has 3 rings (SSSR count). The van der Waals surface area contributed by atoms with Gasteiger partial charge in [-0.05, 0) is 41.7 Å². The van der Waals surface area contributed by atoms with Gasteiger partial charge in [0.2, 0.25) is 0 Å². The maximum Gasteiger partial charge on any atom is 0.146 e. The van der Waals surface area contributed by atoms with E-state index in [1.807, 2.05) is 12.3 Å². The summed E-state index contributed by atoms with van der Waals surface area (Å²) in [6.07, 6.45) is 10.1. The third kappa shape index (κ3) is 2.93. The van der Waals surface area contributed by atoms with Gasteiger partial charge in [0.25, 0.3) is 0 Å². The Morgan fingerprint density at radius 3 is 2.77 bits per heavy atom. The molecular formula is C19H20N2O. The number of fused-ring (bicyclic) bond motifs is 1. The minimum atomic E-state index is -0.308. The Morgan fingerprint density at radius 1 is 1.23 bits per heavy atom. The SMILES string of the molecule is CCCCc1ccc(C2=Cc3cnccc3C(C=O)N2)cc1. The van der Waals surface area contributed by atoms with Crippen LogP contribution in [0.25, 0.3) is 11.8 Å². The third-order valence-electron chi connectivity index (χ3n) is 4.05. The van der Waals surface area contributed by atoms with E-state index in [4.69, 9.17) is 0 Å². The highest BCUT2D eigenvalue weighted by Crippen LogP contribution is 2.28. The first-order chi connectivity index (χ1) is 10.8. The summed E-state index contributed by atoms with van der Waals surface area (Å²) in [6, 6.07) is 10.2. The standard InChI is InChI=1S/C19H20N2O/c1-2-3-4-14-5-7-15(8-6-14)18-11-16-12-20-10-9-17(16)19(13-22)21-18/h5-13,19,21H,2-4H2,1H3. The fourth-order valence-electron chi connectivity index (χ4n) is 2.77. The summed E-state index contributed by atoms with van der Waals surface area (Å²) < 4.78 is 0. The number of carbonyl (C=O) groups is 1. The summed E-state index contributed by atoms with van der Waals surface area (Å²) in [7, 11) is 0. The summed E-state index contributed by atoms with van der Waals surface area (Å²) >= 11 is 0. The van der Waals surface area contributed by atoms with E-state index in [0.29, 0.717) is 0 Å². The van der Waals surface area contributed by atoms with Crippen molar-refractivity contribution >= 4 is 18.1 Å². The van der Waals surface area contributed by atoms with Crippen molar-refractivity contribution in [1.82, 2.24) is 10.3 Å². The molecule has 0 amide bonds. The molecule has 22 heavy (non-hydrogen) atoms. The van der Waals surface area contributed by atoms with Crippen LogP contribution in [-0.4, -0.2) is 11.3 Å². The summed E-state index contributed by atoms with van der Waals surface area (Å²) in [5, 5.41) is 3.30. The number of unbranched alkanes of at least 4 members (excludes halogenated alkanes) is 1. The van der Waals surface area contributed by atoms with Gasteiger partial charge in [-0.3, -0.25) is 4.98 Å². The zero-order valence-corrected chi connectivity index (χ0v) is 12.8. The minimum Gasteiger partial charge on any atom is -0.371 e. The van der Waals surface area contributed by atoms with E-state index in [0.717, 1.165) is 35.1 Å². The van der Waals surface area contributed by atoms with Crippen LogP contribution in [-0.2, 0) is 11.2 Å². The molecule has 1 unspecified atom stereocenters. The van der Waals surface area contributed by atoms with Crippen LogP contribution in [0.3, 0.4) is 0 Å². The fourth-order valence-corrected chi connectivity index (χ4v) is 2.77. The molecule has 1 aliphatic rings. The van der Waals surface area contributed by atoms with Gasteiger partial charge >= 0.3 is 0 Å². The number of hydrogen-bond acceptors (Lipinski definition) is 3. The predicted octanol–water partition coefficient (Wildman–Crippen LogP) is 3.77. The number of aryl methyl sites for hydroxylation is 1. The van der Waals surface area contributed by atoms with Crippen molar-refractivity contribution in [2.75, 3.05) is 0 Å². The molecule has 3 heteroatoms. The van der Waals surface area contributed by atoms with Gasteiger partial charge in [0, 0.05) is 23.7 Å². The first-order valence-electron chi connectivity index (χ1n) is 7.78. The molecule has 1 aromatic heterocycles. The van der Waals surface area contributed by atoms with Crippen LogP contribution in [0.4, 0.5) is 0 Å². The van der Waals surface area contributed by atoms with E-state index in [1.54, 1.807) is 6.20 Å². The van der Waals surface area contributed by atoms with E-state index >= 15 is 0 Å². The lowest BCUT2D eigenvalue weighted by molar-refractivity contribution is -0.109. The number of nitrogens with zero attached hydrogens (tertiary/aromatic N) is 1. The Morgan fingerprint density at radius 2 is 2.05 bits per heavy atom. The van der Waals surface area contributed by atoms with Crippen molar-refractivity contribution in [3.05, 3.63) is 65.0 Å². The molecule has 0 saturated heterocycles. The molecule has 1 aliphatic heterocycles. The van der Waals surface area contributed by atoms with Crippen LogP contribution >= 0.6 is 0 Å². The lowest BCUT2D eigenvalue weighted by Gasteiger charge is -2.24. The van der Waals surface area contributed by atoms with Crippen molar-refractivity contribution in [2.45, 2.75) is 32.2 Å². The number of benzene rings is 1. The topological polar surface area (TPSA) is 42.0 Å². The fraction of sp³-hybridized carbons (Fsp3) is 0.263. The number of aldehydes is 1. The number of nitrogens with one attached hydrogen (secondary N) is 1. The maximum absolute atomic E-state index is 11.4. The molecule has 2 aromatic rings. The van der Waals surface area contributed by atoms with E-state index < -0.39 is 0 Å². The number of hydrogen-bond donors (Lipinski definition) is 1. The van der Waals surface area contributed by atoms with Crippen LogP contribution in [0.15, 0.2) is 42.7 Å². The largest absolute Gasteiger partial charge is 0.371 e.